The predicted octanol–water partition coefficient (Wildman–Crippen LogP) is 2.95. The molecule has 0 saturated heterocycles. The van der Waals surface area contributed by atoms with E-state index in [1.807, 2.05) is 0 Å². The van der Waals surface area contributed by atoms with Crippen LogP contribution in [0.5, 0.6) is 0 Å². The molecule has 1 amide bonds. The Morgan fingerprint density at radius 1 is 1.44 bits per heavy atom. The van der Waals surface area contributed by atoms with Crippen LogP contribution in [0.25, 0.3) is 0 Å². The minimum atomic E-state index is -4.45. The first-order valence-corrected chi connectivity index (χ1v) is 5.53. The molecule has 1 aromatic carbocycles. The lowest BCUT2D eigenvalue weighted by Crippen LogP contribution is -2.38. The molecule has 7 heteroatoms. The molecule has 0 heterocycles. The summed E-state index contributed by atoms with van der Waals surface area (Å²) in [5.41, 5.74) is 5.73. The van der Waals surface area contributed by atoms with Gasteiger partial charge in [-0.15, -0.1) is 0 Å². The van der Waals surface area contributed by atoms with Crippen molar-refractivity contribution in [3.63, 3.8) is 0 Å². The van der Waals surface area contributed by atoms with Gasteiger partial charge in [-0.1, -0.05) is 11.6 Å². The number of hydrogen-bond donors (Lipinski definition) is 1. The van der Waals surface area contributed by atoms with E-state index in [1.54, 1.807) is 0 Å². The zero-order valence-electron chi connectivity index (χ0n) is 9.59. The molecule has 0 aromatic heterocycles. The van der Waals surface area contributed by atoms with Gasteiger partial charge >= 0.3 is 6.18 Å². The van der Waals surface area contributed by atoms with Crippen LogP contribution >= 0.6 is 11.6 Å². The van der Waals surface area contributed by atoms with Gasteiger partial charge in [0.2, 0.25) is 0 Å². The van der Waals surface area contributed by atoms with Crippen molar-refractivity contribution in [3.8, 4) is 0 Å². The van der Waals surface area contributed by atoms with Crippen LogP contribution in [0.15, 0.2) is 18.2 Å². The summed E-state index contributed by atoms with van der Waals surface area (Å²) in [7, 11) is 0. The highest BCUT2D eigenvalue weighted by atomic mass is 35.5. The van der Waals surface area contributed by atoms with Crippen molar-refractivity contribution in [2.45, 2.75) is 13.1 Å². The van der Waals surface area contributed by atoms with E-state index in [0.29, 0.717) is 4.90 Å². The number of nitrogens with zero attached hydrogens (tertiary/aromatic N) is 1. The van der Waals surface area contributed by atoms with E-state index in [1.165, 1.54) is 25.1 Å². The highest BCUT2D eigenvalue weighted by molar-refractivity contribution is 6.34. The molecule has 0 unspecified atom stereocenters. The predicted molar refractivity (Wildman–Crippen MR) is 63.5 cm³/mol. The summed E-state index contributed by atoms with van der Waals surface area (Å²) in [6.45, 7) is 0.0841. The first-order valence-electron chi connectivity index (χ1n) is 5.15. The summed E-state index contributed by atoms with van der Waals surface area (Å²) in [4.78, 5) is 12.6. The average Bonchev–Trinajstić information content (AvgIpc) is 2.27. The van der Waals surface area contributed by atoms with Gasteiger partial charge in [-0.2, -0.15) is 13.2 Å². The molecule has 1 rings (SSSR count). The quantitative estimate of drug-likeness (QED) is 0.865. The Morgan fingerprint density at radius 2 is 2.06 bits per heavy atom. The molecule has 0 radical (unpaired) electrons. The minimum Gasteiger partial charge on any atom is -0.399 e. The van der Waals surface area contributed by atoms with Crippen molar-refractivity contribution < 1.29 is 18.0 Å². The molecule has 0 aliphatic rings. The van der Waals surface area contributed by atoms with E-state index in [9.17, 15) is 18.0 Å². The molecule has 0 atom stereocenters. The van der Waals surface area contributed by atoms with Gasteiger partial charge in [0.25, 0.3) is 5.91 Å². The third kappa shape index (κ3) is 3.80. The summed E-state index contributed by atoms with van der Waals surface area (Å²) in [5, 5.41) is 0.0785. The summed E-state index contributed by atoms with van der Waals surface area (Å²) < 4.78 is 36.9. The Labute approximate surface area is 107 Å². The zero-order chi connectivity index (χ0) is 13.9. The van der Waals surface area contributed by atoms with Gasteiger partial charge in [0.05, 0.1) is 10.6 Å². The molecule has 100 valence electrons. The van der Waals surface area contributed by atoms with Crippen LogP contribution in [-0.2, 0) is 0 Å². The van der Waals surface area contributed by atoms with Gasteiger partial charge in [0.15, 0.2) is 0 Å². The number of amides is 1. The lowest BCUT2D eigenvalue weighted by Gasteiger charge is -2.22. The van der Waals surface area contributed by atoms with E-state index in [2.05, 4.69) is 0 Å². The van der Waals surface area contributed by atoms with Crippen LogP contribution < -0.4 is 5.73 Å². The summed E-state index contributed by atoms with van der Waals surface area (Å²) in [6, 6.07) is 4.12. The first kappa shape index (κ1) is 14.6. The SMILES string of the molecule is CCN(CC(F)(F)F)C(=O)c1cc(N)ccc1Cl. The Kier molecular flexibility index (Phi) is 4.45. The number of benzene rings is 1. The molecular formula is C11H12ClF3N2O. The minimum absolute atomic E-state index is 0.0252. The Morgan fingerprint density at radius 3 is 2.56 bits per heavy atom. The number of alkyl halides is 3. The van der Waals surface area contributed by atoms with Gasteiger partial charge in [0.1, 0.15) is 6.54 Å². The van der Waals surface area contributed by atoms with Crippen molar-refractivity contribution in [2.75, 3.05) is 18.8 Å². The molecule has 0 saturated carbocycles. The van der Waals surface area contributed by atoms with Crippen LogP contribution in [0.3, 0.4) is 0 Å². The molecule has 3 nitrogen and oxygen atoms in total. The molecule has 0 fully saturated rings. The fourth-order valence-corrected chi connectivity index (χ4v) is 1.62. The molecule has 1 aromatic rings. The molecule has 0 spiro atoms. The van der Waals surface area contributed by atoms with Crippen LogP contribution in [0.1, 0.15) is 17.3 Å². The Hall–Kier alpha value is -1.43. The highest BCUT2D eigenvalue weighted by Gasteiger charge is 2.33. The molecule has 0 bridgehead atoms. The van der Waals surface area contributed by atoms with Crippen LogP contribution in [0.4, 0.5) is 18.9 Å². The lowest BCUT2D eigenvalue weighted by atomic mass is 10.1. The van der Waals surface area contributed by atoms with Crippen molar-refractivity contribution in [2.24, 2.45) is 0 Å². The second kappa shape index (κ2) is 5.48. The normalized spacial score (nSPS) is 11.4. The first-order chi connectivity index (χ1) is 8.24. The number of carbonyl (C=O) groups excluding carboxylic acids is 1. The monoisotopic (exact) mass is 280 g/mol. The molecule has 18 heavy (non-hydrogen) atoms. The zero-order valence-corrected chi connectivity index (χ0v) is 10.3. The summed E-state index contributed by atoms with van der Waals surface area (Å²) in [6.07, 6.45) is -4.45. The van der Waals surface area contributed by atoms with Gasteiger partial charge in [0, 0.05) is 12.2 Å². The van der Waals surface area contributed by atoms with Crippen LogP contribution in [-0.4, -0.2) is 30.1 Å². The number of rotatable bonds is 3. The average molecular weight is 281 g/mol. The maximum absolute atomic E-state index is 12.3. The van der Waals surface area contributed by atoms with Crippen molar-refractivity contribution in [1.82, 2.24) is 4.90 Å². The number of nitrogen functional groups attached to an aromatic ring is 1. The number of halogens is 4. The molecular weight excluding hydrogens is 269 g/mol. The Balaban J connectivity index is 3.00. The maximum Gasteiger partial charge on any atom is 0.406 e. The van der Waals surface area contributed by atoms with Gasteiger partial charge in [-0.3, -0.25) is 4.79 Å². The van der Waals surface area contributed by atoms with Gasteiger partial charge < -0.3 is 10.6 Å². The Bertz CT molecular complexity index is 448. The third-order valence-corrected chi connectivity index (χ3v) is 2.59. The standard InChI is InChI=1S/C11H12ClF3N2O/c1-2-17(6-11(13,14)15)10(18)8-5-7(16)3-4-9(8)12/h3-5H,2,6,16H2,1H3. The van der Waals surface area contributed by atoms with E-state index >= 15 is 0 Å². The van der Waals surface area contributed by atoms with E-state index < -0.39 is 18.6 Å². The third-order valence-electron chi connectivity index (χ3n) is 2.26. The molecule has 0 aliphatic carbocycles. The van der Waals surface area contributed by atoms with E-state index in [4.69, 9.17) is 17.3 Å². The maximum atomic E-state index is 12.3. The lowest BCUT2D eigenvalue weighted by molar-refractivity contribution is -0.140. The van der Waals surface area contributed by atoms with E-state index in [0.717, 1.165) is 0 Å². The van der Waals surface area contributed by atoms with E-state index in [-0.39, 0.29) is 22.8 Å². The summed E-state index contributed by atoms with van der Waals surface area (Å²) in [5.74, 6) is -0.785. The molecule has 2 N–H and O–H groups in total. The van der Waals surface area contributed by atoms with Gasteiger partial charge in [-0.05, 0) is 25.1 Å². The van der Waals surface area contributed by atoms with Crippen molar-refractivity contribution >= 4 is 23.2 Å². The largest absolute Gasteiger partial charge is 0.406 e. The highest BCUT2D eigenvalue weighted by Crippen LogP contribution is 2.23. The summed E-state index contributed by atoms with van der Waals surface area (Å²) >= 11 is 5.78. The smallest absolute Gasteiger partial charge is 0.399 e. The van der Waals surface area contributed by atoms with Crippen molar-refractivity contribution in [3.05, 3.63) is 28.8 Å². The van der Waals surface area contributed by atoms with Gasteiger partial charge in [-0.25, -0.2) is 0 Å². The van der Waals surface area contributed by atoms with Crippen LogP contribution in [0, 0.1) is 0 Å². The number of hydrogen-bond acceptors (Lipinski definition) is 2. The number of carbonyl (C=O) groups is 1. The number of anilines is 1. The fourth-order valence-electron chi connectivity index (χ4n) is 1.42. The molecule has 0 aliphatic heterocycles. The van der Waals surface area contributed by atoms with Crippen molar-refractivity contribution in [1.29, 1.82) is 0 Å². The topological polar surface area (TPSA) is 46.3 Å². The van der Waals surface area contributed by atoms with Crippen LogP contribution in [0.2, 0.25) is 5.02 Å². The fraction of sp³-hybridized carbons (Fsp3) is 0.364. The second-order valence-corrected chi connectivity index (χ2v) is 4.08. The second-order valence-electron chi connectivity index (χ2n) is 3.67. The number of nitrogens with two attached hydrogens (primary N) is 1.